The van der Waals surface area contributed by atoms with Gasteiger partial charge in [-0.3, -0.25) is 0 Å². The number of aryl methyl sites for hydroxylation is 2. The van der Waals surface area contributed by atoms with E-state index in [0.717, 1.165) is 11.1 Å². The summed E-state index contributed by atoms with van der Waals surface area (Å²) < 4.78 is 5.21. The third-order valence-corrected chi connectivity index (χ3v) is 3.14. The monoisotopic (exact) mass is 227 g/mol. The Morgan fingerprint density at radius 2 is 2.12 bits per heavy atom. The van der Waals surface area contributed by atoms with Gasteiger partial charge < -0.3 is 15.2 Å². The van der Waals surface area contributed by atoms with E-state index in [1.54, 1.807) is 6.07 Å². The van der Waals surface area contributed by atoms with Crippen molar-refractivity contribution in [3.05, 3.63) is 35.5 Å². The molecule has 0 atom stereocenters. The molecule has 2 heterocycles. The standard InChI is InChI=1S/C13H13N3O/c1-7-8(2)15-13-9(7)4-3-5-10(13)11-6-12(14)16-17-11/h3-6,15H,1-2H3,(H2,14,16). The van der Waals surface area contributed by atoms with Crippen LogP contribution in [0, 0.1) is 13.8 Å². The lowest BCUT2D eigenvalue weighted by Gasteiger charge is -1.98. The van der Waals surface area contributed by atoms with Crippen molar-refractivity contribution in [3.63, 3.8) is 0 Å². The lowest BCUT2D eigenvalue weighted by Crippen LogP contribution is -1.80. The first-order valence-electron chi connectivity index (χ1n) is 5.47. The predicted molar refractivity (Wildman–Crippen MR) is 67.7 cm³/mol. The number of nitrogens with zero attached hydrogens (tertiary/aromatic N) is 1. The Hall–Kier alpha value is -2.23. The van der Waals surface area contributed by atoms with Gasteiger partial charge in [-0.15, -0.1) is 0 Å². The molecule has 2 aromatic heterocycles. The molecule has 0 bridgehead atoms. The minimum atomic E-state index is 0.400. The van der Waals surface area contributed by atoms with E-state index < -0.39 is 0 Å². The van der Waals surface area contributed by atoms with E-state index in [0.29, 0.717) is 11.6 Å². The van der Waals surface area contributed by atoms with Crippen molar-refractivity contribution in [2.75, 3.05) is 5.73 Å². The zero-order chi connectivity index (χ0) is 12.0. The van der Waals surface area contributed by atoms with Crippen LogP contribution in [0.25, 0.3) is 22.2 Å². The number of para-hydroxylation sites is 1. The zero-order valence-electron chi connectivity index (χ0n) is 9.74. The van der Waals surface area contributed by atoms with Gasteiger partial charge in [0.05, 0.1) is 5.52 Å². The molecule has 0 amide bonds. The van der Waals surface area contributed by atoms with Gasteiger partial charge in [0.15, 0.2) is 11.6 Å². The van der Waals surface area contributed by atoms with E-state index in [1.165, 1.54) is 16.6 Å². The zero-order valence-corrected chi connectivity index (χ0v) is 9.74. The minimum Gasteiger partial charge on any atom is -0.381 e. The summed E-state index contributed by atoms with van der Waals surface area (Å²) in [6, 6.07) is 7.84. The van der Waals surface area contributed by atoms with Crippen LogP contribution >= 0.6 is 0 Å². The highest BCUT2D eigenvalue weighted by molar-refractivity contribution is 5.95. The molecule has 0 saturated heterocycles. The molecule has 0 radical (unpaired) electrons. The summed E-state index contributed by atoms with van der Waals surface area (Å²) in [5.41, 5.74) is 10.1. The fourth-order valence-electron chi connectivity index (χ4n) is 2.10. The Labute approximate surface area is 98.4 Å². The Morgan fingerprint density at radius 1 is 1.29 bits per heavy atom. The average Bonchev–Trinajstić information content (AvgIpc) is 2.85. The summed E-state index contributed by atoms with van der Waals surface area (Å²) >= 11 is 0. The Bertz CT molecular complexity index is 694. The number of benzene rings is 1. The van der Waals surface area contributed by atoms with Gasteiger partial charge in [-0.1, -0.05) is 17.3 Å². The van der Waals surface area contributed by atoms with E-state index >= 15 is 0 Å². The number of rotatable bonds is 1. The van der Waals surface area contributed by atoms with Crippen molar-refractivity contribution < 1.29 is 4.52 Å². The number of nitrogen functional groups attached to an aromatic ring is 1. The number of anilines is 1. The quantitative estimate of drug-likeness (QED) is 0.671. The molecule has 0 aliphatic heterocycles. The van der Waals surface area contributed by atoms with E-state index in [1.807, 2.05) is 12.1 Å². The predicted octanol–water partition coefficient (Wildman–Crippen LogP) is 3.02. The first-order valence-corrected chi connectivity index (χ1v) is 5.47. The Balaban J connectivity index is 2.33. The molecule has 4 heteroatoms. The third kappa shape index (κ3) is 1.41. The van der Waals surface area contributed by atoms with Crippen LogP contribution in [0.4, 0.5) is 5.82 Å². The molecule has 0 saturated carbocycles. The van der Waals surface area contributed by atoms with Gasteiger partial charge in [-0.25, -0.2) is 0 Å². The number of nitrogens with one attached hydrogen (secondary N) is 1. The van der Waals surface area contributed by atoms with Crippen molar-refractivity contribution >= 4 is 16.7 Å². The fourth-order valence-corrected chi connectivity index (χ4v) is 2.10. The topological polar surface area (TPSA) is 67.8 Å². The van der Waals surface area contributed by atoms with Crippen LogP contribution in [0.2, 0.25) is 0 Å². The van der Waals surface area contributed by atoms with Crippen LogP contribution in [-0.4, -0.2) is 10.1 Å². The Morgan fingerprint density at radius 3 is 2.82 bits per heavy atom. The van der Waals surface area contributed by atoms with Gasteiger partial charge in [0.1, 0.15) is 0 Å². The normalized spacial score (nSPS) is 11.2. The van der Waals surface area contributed by atoms with Crippen molar-refractivity contribution in [2.24, 2.45) is 0 Å². The van der Waals surface area contributed by atoms with Crippen molar-refractivity contribution in [3.8, 4) is 11.3 Å². The van der Waals surface area contributed by atoms with Crippen LogP contribution in [0.1, 0.15) is 11.3 Å². The highest BCUT2D eigenvalue weighted by Crippen LogP contribution is 2.31. The molecule has 0 aliphatic rings. The molecule has 0 fully saturated rings. The minimum absolute atomic E-state index is 0.400. The molecule has 0 unspecified atom stereocenters. The lowest BCUT2D eigenvalue weighted by molar-refractivity contribution is 0.436. The van der Waals surface area contributed by atoms with Gasteiger partial charge in [-0.2, -0.15) is 0 Å². The first kappa shape index (κ1) is 9.96. The highest BCUT2D eigenvalue weighted by Gasteiger charge is 2.12. The molecule has 3 N–H and O–H groups in total. The summed E-state index contributed by atoms with van der Waals surface area (Å²) in [7, 11) is 0. The molecule has 17 heavy (non-hydrogen) atoms. The smallest absolute Gasteiger partial charge is 0.171 e. The number of aromatic amines is 1. The first-order chi connectivity index (χ1) is 8.16. The maximum atomic E-state index is 5.58. The number of hydrogen-bond donors (Lipinski definition) is 2. The van der Waals surface area contributed by atoms with E-state index in [-0.39, 0.29) is 0 Å². The number of fused-ring (bicyclic) bond motifs is 1. The molecule has 3 aromatic rings. The Kier molecular flexibility index (Phi) is 1.98. The number of nitrogens with two attached hydrogens (primary N) is 1. The van der Waals surface area contributed by atoms with Gasteiger partial charge in [0, 0.05) is 22.7 Å². The van der Waals surface area contributed by atoms with Gasteiger partial charge in [0.25, 0.3) is 0 Å². The second-order valence-electron chi connectivity index (χ2n) is 4.22. The summed E-state index contributed by atoms with van der Waals surface area (Å²) in [6.07, 6.45) is 0. The van der Waals surface area contributed by atoms with Gasteiger partial charge >= 0.3 is 0 Å². The van der Waals surface area contributed by atoms with Crippen LogP contribution in [-0.2, 0) is 0 Å². The molecule has 4 nitrogen and oxygen atoms in total. The van der Waals surface area contributed by atoms with Crippen molar-refractivity contribution in [1.29, 1.82) is 0 Å². The summed E-state index contributed by atoms with van der Waals surface area (Å²) in [5.74, 6) is 1.09. The molecule has 1 aromatic carbocycles. The van der Waals surface area contributed by atoms with E-state index in [9.17, 15) is 0 Å². The number of H-pyrrole nitrogens is 1. The average molecular weight is 227 g/mol. The fraction of sp³-hybridized carbons (Fsp3) is 0.154. The third-order valence-electron chi connectivity index (χ3n) is 3.14. The van der Waals surface area contributed by atoms with Crippen molar-refractivity contribution in [2.45, 2.75) is 13.8 Å². The second-order valence-corrected chi connectivity index (χ2v) is 4.22. The maximum absolute atomic E-state index is 5.58. The maximum Gasteiger partial charge on any atom is 0.171 e. The molecule has 0 aliphatic carbocycles. The molecule has 0 spiro atoms. The molecular weight excluding hydrogens is 214 g/mol. The highest BCUT2D eigenvalue weighted by atomic mass is 16.5. The second kappa shape index (κ2) is 3.38. The number of aromatic nitrogens is 2. The lowest BCUT2D eigenvalue weighted by atomic mass is 10.1. The summed E-state index contributed by atoms with van der Waals surface area (Å²) in [6.45, 7) is 4.17. The van der Waals surface area contributed by atoms with Crippen molar-refractivity contribution in [1.82, 2.24) is 10.1 Å². The molecular formula is C13H13N3O. The van der Waals surface area contributed by atoms with Crippen LogP contribution in [0.5, 0.6) is 0 Å². The molecule has 3 rings (SSSR count). The summed E-state index contributed by atoms with van der Waals surface area (Å²) in [4.78, 5) is 3.37. The van der Waals surface area contributed by atoms with E-state index in [4.69, 9.17) is 10.3 Å². The molecule has 86 valence electrons. The number of hydrogen-bond acceptors (Lipinski definition) is 3. The summed E-state index contributed by atoms with van der Waals surface area (Å²) in [5, 5.41) is 4.92. The van der Waals surface area contributed by atoms with Crippen LogP contribution in [0.3, 0.4) is 0 Å². The van der Waals surface area contributed by atoms with E-state index in [2.05, 4.69) is 30.1 Å². The largest absolute Gasteiger partial charge is 0.381 e. The van der Waals surface area contributed by atoms with Gasteiger partial charge in [-0.05, 0) is 25.5 Å². The van der Waals surface area contributed by atoms with Crippen LogP contribution < -0.4 is 5.73 Å². The SMILES string of the molecule is Cc1[nH]c2c(-c3cc(N)no3)cccc2c1C. The van der Waals surface area contributed by atoms with Gasteiger partial charge in [0.2, 0.25) is 0 Å². The van der Waals surface area contributed by atoms with Crippen LogP contribution in [0.15, 0.2) is 28.8 Å².